The third kappa shape index (κ3) is 2.96. The van der Waals surface area contributed by atoms with Crippen molar-refractivity contribution in [3.05, 3.63) is 44.5 Å². The normalized spacial score (nSPS) is 20.5. The first-order valence-electron chi connectivity index (χ1n) is 8.51. The maximum Gasteiger partial charge on any atom is 0.307 e. The molecule has 24 heavy (non-hydrogen) atoms. The molecule has 2 aliphatic rings. The Bertz CT molecular complexity index is 783. The Balaban J connectivity index is 1.49. The van der Waals surface area contributed by atoms with Gasteiger partial charge in [0.2, 0.25) is 0 Å². The molecule has 5 nitrogen and oxygen atoms in total. The average molecular weight is 346 g/mol. The fourth-order valence-electron chi connectivity index (χ4n) is 3.64. The van der Waals surface area contributed by atoms with Crippen molar-refractivity contribution in [3.63, 3.8) is 0 Å². The number of ether oxygens (including phenoxy) is 2. The van der Waals surface area contributed by atoms with Crippen LogP contribution >= 0.6 is 11.3 Å². The molecule has 0 aliphatic carbocycles. The monoisotopic (exact) mass is 346 g/mol. The Labute approximate surface area is 145 Å². The van der Waals surface area contributed by atoms with Gasteiger partial charge in [-0.2, -0.15) is 0 Å². The average Bonchev–Trinajstić information content (AvgIpc) is 3.20. The Morgan fingerprint density at radius 3 is 2.83 bits per heavy atom. The number of rotatable bonds is 4. The molecular weight excluding hydrogens is 324 g/mol. The van der Waals surface area contributed by atoms with Gasteiger partial charge in [0, 0.05) is 30.2 Å². The standard InChI is InChI=1S/C18H22N2O3S/c1-13-12-24-18(21)20(13)8-7-19-6-2-3-15(19)14-4-5-16-17(11-14)23-10-9-22-16/h4-5,11-12,15H,2-3,6-10H2,1H3. The zero-order valence-corrected chi connectivity index (χ0v) is 14.7. The van der Waals surface area contributed by atoms with Gasteiger partial charge in [0.15, 0.2) is 11.5 Å². The summed E-state index contributed by atoms with van der Waals surface area (Å²) in [6.45, 7) is 5.98. The summed E-state index contributed by atoms with van der Waals surface area (Å²) < 4.78 is 13.2. The first-order chi connectivity index (χ1) is 11.7. The summed E-state index contributed by atoms with van der Waals surface area (Å²) in [5, 5.41) is 1.94. The third-order valence-corrected chi connectivity index (χ3v) is 5.78. The van der Waals surface area contributed by atoms with Crippen LogP contribution in [0.1, 0.15) is 30.1 Å². The maximum atomic E-state index is 11.9. The lowest BCUT2D eigenvalue weighted by Crippen LogP contribution is -2.30. The summed E-state index contributed by atoms with van der Waals surface area (Å²) >= 11 is 1.28. The van der Waals surface area contributed by atoms with E-state index in [1.807, 2.05) is 22.9 Å². The van der Waals surface area contributed by atoms with Crippen molar-refractivity contribution < 1.29 is 9.47 Å². The Kier molecular flexibility index (Phi) is 4.33. The number of hydrogen-bond donors (Lipinski definition) is 0. The van der Waals surface area contributed by atoms with Crippen molar-refractivity contribution in [2.75, 3.05) is 26.3 Å². The summed E-state index contributed by atoms with van der Waals surface area (Å²) in [4.78, 5) is 14.5. The van der Waals surface area contributed by atoms with Crippen LogP contribution in [0.25, 0.3) is 0 Å². The number of nitrogens with zero attached hydrogens (tertiary/aromatic N) is 2. The highest BCUT2D eigenvalue weighted by Gasteiger charge is 2.27. The van der Waals surface area contributed by atoms with Crippen LogP contribution in [0.15, 0.2) is 28.4 Å². The highest BCUT2D eigenvalue weighted by Crippen LogP contribution is 2.37. The van der Waals surface area contributed by atoms with E-state index in [2.05, 4.69) is 17.0 Å². The Morgan fingerprint density at radius 2 is 2.04 bits per heavy atom. The molecule has 4 rings (SSSR count). The predicted molar refractivity (Wildman–Crippen MR) is 94.3 cm³/mol. The number of hydrogen-bond acceptors (Lipinski definition) is 5. The van der Waals surface area contributed by atoms with Crippen LogP contribution in [0, 0.1) is 6.92 Å². The van der Waals surface area contributed by atoms with E-state index < -0.39 is 0 Å². The van der Waals surface area contributed by atoms with Gasteiger partial charge >= 0.3 is 4.87 Å². The molecular formula is C18H22N2O3S. The van der Waals surface area contributed by atoms with E-state index in [1.165, 1.54) is 23.3 Å². The molecule has 0 spiro atoms. The molecule has 128 valence electrons. The lowest BCUT2D eigenvalue weighted by Gasteiger charge is -2.26. The van der Waals surface area contributed by atoms with E-state index in [0.29, 0.717) is 19.3 Å². The van der Waals surface area contributed by atoms with Gasteiger partial charge in [-0.05, 0) is 44.0 Å². The van der Waals surface area contributed by atoms with Gasteiger partial charge in [0.25, 0.3) is 0 Å². The third-order valence-electron chi connectivity index (χ3n) is 4.90. The molecule has 1 aromatic carbocycles. The van der Waals surface area contributed by atoms with E-state index in [0.717, 1.165) is 43.2 Å². The summed E-state index contributed by atoms with van der Waals surface area (Å²) in [7, 11) is 0. The van der Waals surface area contributed by atoms with Crippen molar-refractivity contribution in [2.45, 2.75) is 32.4 Å². The van der Waals surface area contributed by atoms with E-state index >= 15 is 0 Å². The molecule has 1 aromatic heterocycles. The largest absolute Gasteiger partial charge is 0.486 e. The SMILES string of the molecule is Cc1csc(=O)n1CCN1CCCC1c1ccc2c(c1)OCCO2. The summed E-state index contributed by atoms with van der Waals surface area (Å²) in [5.74, 6) is 1.70. The minimum Gasteiger partial charge on any atom is -0.486 e. The van der Waals surface area contributed by atoms with Crippen molar-refractivity contribution in [3.8, 4) is 11.5 Å². The number of benzene rings is 1. The van der Waals surface area contributed by atoms with E-state index in [1.54, 1.807) is 0 Å². The van der Waals surface area contributed by atoms with Crippen LogP contribution in [0.2, 0.25) is 0 Å². The summed E-state index contributed by atoms with van der Waals surface area (Å²) in [6.07, 6.45) is 2.34. The minimum absolute atomic E-state index is 0.141. The van der Waals surface area contributed by atoms with Crippen molar-refractivity contribution in [2.24, 2.45) is 0 Å². The van der Waals surface area contributed by atoms with Gasteiger partial charge in [-0.1, -0.05) is 17.4 Å². The fraction of sp³-hybridized carbons (Fsp3) is 0.500. The second kappa shape index (κ2) is 6.61. The first kappa shape index (κ1) is 15.7. The van der Waals surface area contributed by atoms with E-state index in [4.69, 9.17) is 9.47 Å². The molecule has 1 atom stereocenters. The van der Waals surface area contributed by atoms with E-state index in [9.17, 15) is 4.79 Å². The summed E-state index contributed by atoms with van der Waals surface area (Å²) in [6, 6.07) is 6.70. The van der Waals surface area contributed by atoms with Crippen molar-refractivity contribution >= 4 is 11.3 Å². The Hall–Kier alpha value is -1.79. The molecule has 0 radical (unpaired) electrons. The van der Waals surface area contributed by atoms with Gasteiger partial charge in [-0.25, -0.2) is 0 Å². The van der Waals surface area contributed by atoms with Crippen molar-refractivity contribution in [1.82, 2.24) is 9.47 Å². The molecule has 0 amide bonds. The molecule has 2 aromatic rings. The molecule has 1 saturated heterocycles. The smallest absolute Gasteiger partial charge is 0.307 e. The van der Waals surface area contributed by atoms with Crippen molar-refractivity contribution in [1.29, 1.82) is 0 Å². The van der Waals surface area contributed by atoms with Gasteiger partial charge in [0.1, 0.15) is 13.2 Å². The highest BCUT2D eigenvalue weighted by atomic mass is 32.1. The number of aryl methyl sites for hydroxylation is 1. The zero-order chi connectivity index (χ0) is 16.5. The number of thiazole rings is 1. The quantitative estimate of drug-likeness (QED) is 0.854. The molecule has 6 heteroatoms. The molecule has 0 saturated carbocycles. The van der Waals surface area contributed by atoms with Gasteiger partial charge in [-0.15, -0.1) is 0 Å². The number of likely N-dealkylation sites (tertiary alicyclic amines) is 1. The van der Waals surface area contributed by atoms with Gasteiger partial charge in [0.05, 0.1) is 0 Å². The lowest BCUT2D eigenvalue weighted by molar-refractivity contribution is 0.170. The summed E-state index contributed by atoms with van der Waals surface area (Å²) in [5.41, 5.74) is 2.34. The number of fused-ring (bicyclic) bond motifs is 1. The minimum atomic E-state index is 0.141. The van der Waals surface area contributed by atoms with Gasteiger partial charge < -0.3 is 14.0 Å². The number of aromatic nitrogens is 1. The predicted octanol–water partition coefficient (Wildman–Crippen LogP) is 2.83. The molecule has 2 aliphatic heterocycles. The second-order valence-corrected chi connectivity index (χ2v) is 7.21. The van der Waals surface area contributed by atoms with Crippen LogP contribution in [-0.4, -0.2) is 35.8 Å². The fourth-order valence-corrected chi connectivity index (χ4v) is 4.40. The zero-order valence-electron chi connectivity index (χ0n) is 13.9. The molecule has 1 unspecified atom stereocenters. The Morgan fingerprint density at radius 1 is 1.21 bits per heavy atom. The lowest BCUT2D eigenvalue weighted by atomic mass is 10.0. The molecule has 3 heterocycles. The van der Waals surface area contributed by atoms with Crippen LogP contribution in [0.3, 0.4) is 0 Å². The first-order valence-corrected chi connectivity index (χ1v) is 9.39. The molecule has 0 bridgehead atoms. The maximum absolute atomic E-state index is 11.9. The van der Waals surface area contributed by atoms with Crippen LogP contribution in [0.5, 0.6) is 11.5 Å². The van der Waals surface area contributed by atoms with Crippen LogP contribution in [0.4, 0.5) is 0 Å². The van der Waals surface area contributed by atoms with E-state index in [-0.39, 0.29) is 4.87 Å². The van der Waals surface area contributed by atoms with Crippen LogP contribution < -0.4 is 14.3 Å². The highest BCUT2D eigenvalue weighted by molar-refractivity contribution is 7.07. The van der Waals surface area contributed by atoms with Gasteiger partial charge in [-0.3, -0.25) is 9.69 Å². The molecule has 0 N–H and O–H groups in total. The molecule has 1 fully saturated rings. The second-order valence-electron chi connectivity index (χ2n) is 6.39. The topological polar surface area (TPSA) is 43.7 Å². The van der Waals surface area contributed by atoms with Crippen LogP contribution in [-0.2, 0) is 6.54 Å².